The quantitative estimate of drug-likeness (QED) is 0.280. The van der Waals surface area contributed by atoms with Gasteiger partial charge in [0, 0.05) is 11.6 Å². The van der Waals surface area contributed by atoms with Crippen LogP contribution < -0.4 is 4.74 Å². The summed E-state index contributed by atoms with van der Waals surface area (Å²) < 4.78 is 5.82. The molecule has 0 unspecified atom stereocenters. The van der Waals surface area contributed by atoms with E-state index in [1.54, 1.807) is 12.1 Å². The zero-order valence-corrected chi connectivity index (χ0v) is 14.6. The van der Waals surface area contributed by atoms with Crippen LogP contribution in [0.4, 0.5) is 5.69 Å². The molecule has 0 amide bonds. The Morgan fingerprint density at radius 2 is 1.93 bits per heavy atom. The summed E-state index contributed by atoms with van der Waals surface area (Å²) in [5.41, 5.74) is 0.675. The van der Waals surface area contributed by atoms with Crippen LogP contribution in [0.25, 0.3) is 21.6 Å². The van der Waals surface area contributed by atoms with Gasteiger partial charge < -0.3 is 4.74 Å². The summed E-state index contributed by atoms with van der Waals surface area (Å²) in [6.45, 7) is 0. The van der Waals surface area contributed by atoms with Crippen molar-refractivity contribution in [1.82, 2.24) is 9.97 Å². The average molecular weight is 377 g/mol. The van der Waals surface area contributed by atoms with Crippen molar-refractivity contribution in [2.75, 3.05) is 0 Å². The second kappa shape index (κ2) is 6.93. The summed E-state index contributed by atoms with van der Waals surface area (Å²) in [5.74, 6) is 0.605. The summed E-state index contributed by atoms with van der Waals surface area (Å²) in [6, 6.07) is 14.9. The number of aromatic nitrogens is 2. The smallest absolute Gasteiger partial charge is 0.311 e. The number of carbonyl (C=O) groups excluding carboxylic acids is 1. The number of nitro groups is 1. The fourth-order valence-corrected chi connectivity index (χ4v) is 3.24. The molecular weight excluding hydrogens is 366 g/mol. The van der Waals surface area contributed by atoms with Crippen molar-refractivity contribution in [3.63, 3.8) is 0 Å². The number of nitro benzene ring substituents is 1. The van der Waals surface area contributed by atoms with Crippen molar-refractivity contribution in [1.29, 1.82) is 0 Å². The summed E-state index contributed by atoms with van der Waals surface area (Å²) in [4.78, 5) is 31.7. The number of ether oxygens (including phenoxy) is 1. The van der Waals surface area contributed by atoms with Crippen LogP contribution in [0.2, 0.25) is 0 Å². The Bertz CT molecular complexity index is 1160. The molecule has 0 atom stereocenters. The maximum Gasteiger partial charge on any atom is 0.311 e. The molecule has 4 aromatic rings. The molecule has 0 spiro atoms. The lowest BCUT2D eigenvalue weighted by atomic mass is 10.2. The Kier molecular flexibility index (Phi) is 4.31. The standard InChI is InChI=1S/C19H11N3O4S/c23-11-12-7-8-15(22(24)25)16(10-12)26-19-13-4-1-2-5-14(13)20-18(21-19)17-6-3-9-27-17/h1-11H. The van der Waals surface area contributed by atoms with Crippen molar-refractivity contribution in [2.24, 2.45) is 0 Å². The highest BCUT2D eigenvalue weighted by Gasteiger charge is 2.19. The van der Waals surface area contributed by atoms with Crippen molar-refractivity contribution in [3.8, 4) is 22.3 Å². The zero-order valence-electron chi connectivity index (χ0n) is 13.7. The molecule has 0 bridgehead atoms. The molecule has 0 saturated carbocycles. The molecule has 0 N–H and O–H groups in total. The van der Waals surface area contributed by atoms with Crippen LogP contribution in [0.15, 0.2) is 60.0 Å². The molecule has 0 aliphatic rings. The Morgan fingerprint density at radius 3 is 2.67 bits per heavy atom. The molecule has 0 radical (unpaired) electrons. The van der Waals surface area contributed by atoms with E-state index in [1.807, 2.05) is 29.6 Å². The monoisotopic (exact) mass is 377 g/mol. The van der Waals surface area contributed by atoms with Gasteiger partial charge in [-0.15, -0.1) is 11.3 Å². The third-order valence-corrected chi connectivity index (χ3v) is 4.70. The molecule has 7 nitrogen and oxygen atoms in total. The van der Waals surface area contributed by atoms with Crippen molar-refractivity contribution >= 4 is 34.2 Å². The first-order valence-electron chi connectivity index (χ1n) is 7.88. The number of para-hydroxylation sites is 1. The van der Waals surface area contributed by atoms with Gasteiger partial charge in [-0.1, -0.05) is 18.2 Å². The summed E-state index contributed by atoms with van der Waals surface area (Å²) in [5, 5.41) is 13.9. The first-order valence-corrected chi connectivity index (χ1v) is 8.76. The molecule has 8 heteroatoms. The number of hydrogen-bond donors (Lipinski definition) is 0. The van der Waals surface area contributed by atoms with Crippen molar-refractivity contribution < 1.29 is 14.5 Å². The maximum atomic E-state index is 11.3. The predicted octanol–water partition coefficient (Wildman–Crippen LogP) is 4.87. The van der Waals surface area contributed by atoms with Crippen LogP contribution in [0, 0.1) is 10.1 Å². The molecule has 2 heterocycles. The van der Waals surface area contributed by atoms with Gasteiger partial charge in [0.1, 0.15) is 6.29 Å². The number of thiophene rings is 1. The first kappa shape index (κ1) is 16.8. The maximum absolute atomic E-state index is 11.3. The minimum absolute atomic E-state index is 0.0504. The average Bonchev–Trinajstić information content (AvgIpc) is 3.22. The minimum Gasteiger partial charge on any atom is -0.431 e. The lowest BCUT2D eigenvalue weighted by Crippen LogP contribution is -1.98. The highest BCUT2D eigenvalue weighted by atomic mass is 32.1. The largest absolute Gasteiger partial charge is 0.431 e. The van der Waals surface area contributed by atoms with Crippen LogP contribution in [0.3, 0.4) is 0 Å². The van der Waals surface area contributed by atoms with E-state index in [2.05, 4.69) is 9.97 Å². The van der Waals surface area contributed by atoms with E-state index in [-0.39, 0.29) is 22.9 Å². The van der Waals surface area contributed by atoms with Crippen LogP contribution >= 0.6 is 11.3 Å². The van der Waals surface area contributed by atoms with Crippen molar-refractivity contribution in [2.45, 2.75) is 0 Å². The fraction of sp³-hybridized carbons (Fsp3) is 0. The molecule has 2 aromatic heterocycles. The van der Waals surface area contributed by atoms with Crippen LogP contribution in [0.1, 0.15) is 10.4 Å². The lowest BCUT2D eigenvalue weighted by molar-refractivity contribution is -0.385. The molecule has 0 aliphatic carbocycles. The molecule has 0 aliphatic heterocycles. The van der Waals surface area contributed by atoms with Gasteiger partial charge in [0.25, 0.3) is 0 Å². The zero-order chi connectivity index (χ0) is 18.8. The minimum atomic E-state index is -0.562. The topological polar surface area (TPSA) is 95.2 Å². The van der Waals surface area contributed by atoms with E-state index in [0.717, 1.165) is 4.88 Å². The molecule has 0 fully saturated rings. The lowest BCUT2D eigenvalue weighted by Gasteiger charge is -2.10. The number of fused-ring (bicyclic) bond motifs is 1. The summed E-state index contributed by atoms with van der Waals surface area (Å²) >= 11 is 1.48. The van der Waals surface area contributed by atoms with Gasteiger partial charge in [-0.25, -0.2) is 4.98 Å². The number of nitrogens with zero attached hydrogens (tertiary/aromatic N) is 3. The second-order valence-corrected chi connectivity index (χ2v) is 6.50. The second-order valence-electron chi connectivity index (χ2n) is 5.55. The highest BCUT2D eigenvalue weighted by molar-refractivity contribution is 7.13. The van der Waals surface area contributed by atoms with Crippen LogP contribution in [0.5, 0.6) is 11.6 Å². The summed E-state index contributed by atoms with van der Waals surface area (Å²) in [7, 11) is 0. The van der Waals surface area contributed by atoms with E-state index < -0.39 is 4.92 Å². The Morgan fingerprint density at radius 1 is 1.07 bits per heavy atom. The third-order valence-electron chi connectivity index (χ3n) is 3.83. The normalized spacial score (nSPS) is 10.7. The number of rotatable bonds is 5. The van der Waals surface area contributed by atoms with Gasteiger partial charge in [0.2, 0.25) is 11.6 Å². The first-order chi connectivity index (χ1) is 13.2. The molecule has 0 saturated heterocycles. The van der Waals surface area contributed by atoms with E-state index in [9.17, 15) is 14.9 Å². The number of carbonyl (C=O) groups is 1. The Hall–Kier alpha value is -3.65. The molecule has 2 aromatic carbocycles. The van der Waals surface area contributed by atoms with Gasteiger partial charge in [-0.05, 0) is 35.7 Å². The van der Waals surface area contributed by atoms with E-state index >= 15 is 0 Å². The Balaban J connectivity index is 1.89. The van der Waals surface area contributed by atoms with E-state index in [1.165, 1.54) is 29.5 Å². The van der Waals surface area contributed by atoms with Gasteiger partial charge in [0.05, 0.1) is 20.7 Å². The van der Waals surface area contributed by atoms with Gasteiger partial charge >= 0.3 is 5.69 Å². The van der Waals surface area contributed by atoms with E-state index in [0.29, 0.717) is 23.0 Å². The van der Waals surface area contributed by atoms with Crippen LogP contribution in [-0.2, 0) is 0 Å². The fourth-order valence-electron chi connectivity index (χ4n) is 2.58. The molecule has 132 valence electrons. The number of benzene rings is 2. The predicted molar refractivity (Wildman–Crippen MR) is 101 cm³/mol. The highest BCUT2D eigenvalue weighted by Crippen LogP contribution is 2.35. The number of hydrogen-bond acceptors (Lipinski definition) is 7. The summed E-state index contributed by atoms with van der Waals surface area (Å²) in [6.07, 6.45) is 0.603. The van der Waals surface area contributed by atoms with E-state index in [4.69, 9.17) is 4.74 Å². The van der Waals surface area contributed by atoms with Gasteiger partial charge in [0.15, 0.2) is 5.82 Å². The van der Waals surface area contributed by atoms with Crippen LogP contribution in [-0.4, -0.2) is 21.2 Å². The molecular formula is C19H11N3O4S. The SMILES string of the molecule is O=Cc1ccc([N+](=O)[O-])c(Oc2nc(-c3cccs3)nc3ccccc23)c1. The third kappa shape index (κ3) is 3.25. The van der Waals surface area contributed by atoms with Gasteiger partial charge in [-0.3, -0.25) is 14.9 Å². The van der Waals surface area contributed by atoms with Gasteiger partial charge in [-0.2, -0.15) is 4.98 Å². The number of aldehydes is 1. The Labute approximate surface area is 157 Å². The molecule has 27 heavy (non-hydrogen) atoms. The molecule has 4 rings (SSSR count). The van der Waals surface area contributed by atoms with Crippen molar-refractivity contribution in [3.05, 3.63) is 75.7 Å².